The normalized spacial score (nSPS) is 11.6. The summed E-state index contributed by atoms with van der Waals surface area (Å²) in [6.07, 6.45) is 0. The van der Waals surface area contributed by atoms with Crippen LogP contribution in [0, 0.1) is 0 Å². The molecule has 6 rings (SSSR count). The molecular formula is C25H16BrN3. The highest BCUT2D eigenvalue weighted by atomic mass is 79.9. The van der Waals surface area contributed by atoms with Gasteiger partial charge in [0.1, 0.15) is 0 Å². The Morgan fingerprint density at radius 3 is 2.31 bits per heavy atom. The molecule has 2 aromatic heterocycles. The van der Waals surface area contributed by atoms with Gasteiger partial charge < -0.3 is 0 Å². The highest BCUT2D eigenvalue weighted by Crippen LogP contribution is 2.32. The summed E-state index contributed by atoms with van der Waals surface area (Å²) in [5.74, 6) is 0.921. The minimum Gasteiger partial charge on any atom is -0.278 e. The van der Waals surface area contributed by atoms with Crippen LogP contribution in [0.15, 0.2) is 102 Å². The van der Waals surface area contributed by atoms with E-state index in [1.807, 2.05) is 12.1 Å². The van der Waals surface area contributed by atoms with Gasteiger partial charge in [-0.25, -0.2) is 4.98 Å². The molecule has 0 aliphatic rings. The van der Waals surface area contributed by atoms with E-state index in [0.717, 1.165) is 38.0 Å². The number of para-hydroxylation sites is 2. The molecule has 0 radical (unpaired) electrons. The number of benzene rings is 4. The number of hydrogen-bond acceptors (Lipinski definition) is 1. The second kappa shape index (κ2) is 6.33. The van der Waals surface area contributed by atoms with Crippen LogP contribution in [0.5, 0.6) is 0 Å². The van der Waals surface area contributed by atoms with Gasteiger partial charge >= 0.3 is 0 Å². The van der Waals surface area contributed by atoms with E-state index in [0.29, 0.717) is 0 Å². The van der Waals surface area contributed by atoms with Gasteiger partial charge in [0.15, 0.2) is 0 Å². The van der Waals surface area contributed by atoms with E-state index in [2.05, 4.69) is 110 Å². The van der Waals surface area contributed by atoms with E-state index in [1.54, 1.807) is 0 Å². The molecular weight excluding hydrogens is 422 g/mol. The third kappa shape index (κ3) is 2.53. The van der Waals surface area contributed by atoms with Gasteiger partial charge in [-0.2, -0.15) is 0 Å². The first-order valence-electron chi connectivity index (χ1n) is 9.53. The van der Waals surface area contributed by atoms with Crippen molar-refractivity contribution in [3.63, 3.8) is 0 Å². The number of hydrogen-bond donors (Lipinski definition) is 0. The van der Waals surface area contributed by atoms with Crippen LogP contribution in [0.3, 0.4) is 0 Å². The maximum absolute atomic E-state index is 4.97. The van der Waals surface area contributed by atoms with E-state index in [4.69, 9.17) is 4.98 Å². The number of rotatable bonds is 2. The van der Waals surface area contributed by atoms with Crippen LogP contribution < -0.4 is 0 Å². The molecule has 0 saturated carbocycles. The SMILES string of the molecule is Brc1ccc2c(c1)n1c3ccccc3nc1n2-c1cccc(-c2ccccc2)c1. The average molecular weight is 438 g/mol. The second-order valence-electron chi connectivity index (χ2n) is 7.12. The molecule has 4 heteroatoms. The predicted molar refractivity (Wildman–Crippen MR) is 123 cm³/mol. The monoisotopic (exact) mass is 437 g/mol. The number of halogens is 1. The van der Waals surface area contributed by atoms with Crippen molar-refractivity contribution >= 4 is 43.8 Å². The lowest BCUT2D eigenvalue weighted by molar-refractivity contribution is 1.11. The summed E-state index contributed by atoms with van der Waals surface area (Å²) in [5, 5.41) is 0. The van der Waals surface area contributed by atoms with Crippen molar-refractivity contribution in [2.45, 2.75) is 0 Å². The standard InChI is InChI=1S/C25H16BrN3/c26-19-13-14-23-24(16-19)29-22-12-5-4-11-21(22)27-25(29)28(23)20-10-6-9-18(15-20)17-7-2-1-3-8-17/h1-16H. The number of imidazole rings is 2. The van der Waals surface area contributed by atoms with E-state index in [-0.39, 0.29) is 0 Å². The molecule has 0 atom stereocenters. The third-order valence-corrected chi connectivity index (χ3v) is 5.87. The molecule has 29 heavy (non-hydrogen) atoms. The maximum atomic E-state index is 4.97. The van der Waals surface area contributed by atoms with Gasteiger partial charge in [0.2, 0.25) is 5.78 Å². The molecule has 0 N–H and O–H groups in total. The van der Waals surface area contributed by atoms with Crippen molar-refractivity contribution in [2.24, 2.45) is 0 Å². The minimum absolute atomic E-state index is 0.921. The first-order valence-corrected chi connectivity index (χ1v) is 10.3. The summed E-state index contributed by atoms with van der Waals surface area (Å²) in [4.78, 5) is 4.97. The molecule has 138 valence electrons. The quantitative estimate of drug-likeness (QED) is 0.290. The van der Waals surface area contributed by atoms with Crippen LogP contribution in [-0.4, -0.2) is 14.0 Å². The van der Waals surface area contributed by atoms with Crippen molar-refractivity contribution in [3.05, 3.63) is 102 Å². The summed E-state index contributed by atoms with van der Waals surface area (Å²) < 4.78 is 5.54. The summed E-state index contributed by atoms with van der Waals surface area (Å²) in [7, 11) is 0. The van der Waals surface area contributed by atoms with Gasteiger partial charge in [-0.15, -0.1) is 0 Å². The second-order valence-corrected chi connectivity index (χ2v) is 8.04. The van der Waals surface area contributed by atoms with E-state index in [1.165, 1.54) is 11.1 Å². The number of nitrogens with zero attached hydrogens (tertiary/aromatic N) is 3. The minimum atomic E-state index is 0.921. The maximum Gasteiger partial charge on any atom is 0.220 e. The Balaban J connectivity index is 1.71. The zero-order chi connectivity index (χ0) is 19.4. The van der Waals surface area contributed by atoms with Crippen molar-refractivity contribution in [3.8, 4) is 16.8 Å². The fraction of sp³-hybridized carbons (Fsp3) is 0. The van der Waals surface area contributed by atoms with Crippen LogP contribution in [-0.2, 0) is 0 Å². The van der Waals surface area contributed by atoms with Crippen molar-refractivity contribution in [1.29, 1.82) is 0 Å². The van der Waals surface area contributed by atoms with Gasteiger partial charge in [-0.1, -0.05) is 70.5 Å². The smallest absolute Gasteiger partial charge is 0.220 e. The molecule has 6 aromatic rings. The third-order valence-electron chi connectivity index (χ3n) is 5.37. The molecule has 4 aromatic carbocycles. The summed E-state index contributed by atoms with van der Waals surface area (Å²) in [6.45, 7) is 0. The molecule has 2 heterocycles. The summed E-state index contributed by atoms with van der Waals surface area (Å²) >= 11 is 3.64. The Bertz CT molecular complexity index is 1510. The molecule has 0 aliphatic carbocycles. The van der Waals surface area contributed by atoms with Crippen LogP contribution in [0.4, 0.5) is 0 Å². The van der Waals surface area contributed by atoms with Crippen LogP contribution in [0.2, 0.25) is 0 Å². The highest BCUT2D eigenvalue weighted by molar-refractivity contribution is 9.10. The fourth-order valence-corrected chi connectivity index (χ4v) is 4.43. The van der Waals surface area contributed by atoms with Crippen LogP contribution in [0.1, 0.15) is 0 Å². The molecule has 3 nitrogen and oxygen atoms in total. The molecule has 0 saturated heterocycles. The molecule has 0 bridgehead atoms. The molecule has 0 amide bonds. The van der Waals surface area contributed by atoms with Crippen molar-refractivity contribution in [2.75, 3.05) is 0 Å². The summed E-state index contributed by atoms with van der Waals surface area (Å²) in [5.41, 5.74) is 7.87. The van der Waals surface area contributed by atoms with E-state index in [9.17, 15) is 0 Å². The lowest BCUT2D eigenvalue weighted by Crippen LogP contribution is -1.95. The van der Waals surface area contributed by atoms with Crippen molar-refractivity contribution < 1.29 is 0 Å². The molecule has 0 spiro atoms. The van der Waals surface area contributed by atoms with Crippen LogP contribution in [0.25, 0.3) is 44.7 Å². The summed E-state index contributed by atoms with van der Waals surface area (Å²) in [6, 6.07) is 33.8. The van der Waals surface area contributed by atoms with E-state index >= 15 is 0 Å². The zero-order valence-electron chi connectivity index (χ0n) is 15.5. The molecule has 0 aliphatic heterocycles. The highest BCUT2D eigenvalue weighted by Gasteiger charge is 2.17. The van der Waals surface area contributed by atoms with Crippen LogP contribution >= 0.6 is 15.9 Å². The fourth-order valence-electron chi connectivity index (χ4n) is 4.08. The molecule has 0 unspecified atom stereocenters. The lowest BCUT2D eigenvalue weighted by Gasteiger charge is -2.08. The van der Waals surface area contributed by atoms with Gasteiger partial charge in [-0.3, -0.25) is 8.97 Å². The predicted octanol–water partition coefficient (Wildman–Crippen LogP) is 6.86. The van der Waals surface area contributed by atoms with Gasteiger partial charge in [0.25, 0.3) is 0 Å². The first-order chi connectivity index (χ1) is 14.3. The Morgan fingerprint density at radius 1 is 0.621 bits per heavy atom. The van der Waals surface area contributed by atoms with Crippen molar-refractivity contribution in [1.82, 2.24) is 14.0 Å². The number of fused-ring (bicyclic) bond motifs is 5. The Hall–Kier alpha value is -3.37. The zero-order valence-corrected chi connectivity index (χ0v) is 17.0. The van der Waals surface area contributed by atoms with Gasteiger partial charge in [-0.05, 0) is 53.6 Å². The lowest BCUT2D eigenvalue weighted by atomic mass is 10.1. The first kappa shape index (κ1) is 16.6. The Morgan fingerprint density at radius 2 is 1.41 bits per heavy atom. The van der Waals surface area contributed by atoms with Gasteiger partial charge in [0, 0.05) is 10.2 Å². The topological polar surface area (TPSA) is 22.2 Å². The van der Waals surface area contributed by atoms with E-state index < -0.39 is 0 Å². The average Bonchev–Trinajstić information content (AvgIpc) is 3.29. The molecule has 0 fully saturated rings. The van der Waals surface area contributed by atoms with Gasteiger partial charge in [0.05, 0.1) is 22.1 Å². The number of aromatic nitrogens is 3. The largest absolute Gasteiger partial charge is 0.278 e. The Labute approximate surface area is 176 Å². The Kier molecular flexibility index (Phi) is 3.61.